The van der Waals surface area contributed by atoms with Crippen molar-refractivity contribution >= 4 is 39.8 Å². The van der Waals surface area contributed by atoms with Crippen LogP contribution in [-0.4, -0.2) is 20.7 Å². The fraction of sp³-hybridized carbons (Fsp3) is 0.417. The molecule has 2 aromatic heterocycles. The summed E-state index contributed by atoms with van der Waals surface area (Å²) >= 11 is 3.78. The van der Waals surface area contributed by atoms with Crippen LogP contribution in [0.4, 0.5) is 0 Å². The SMILES string of the molecule is CC(NC(=O)c1csc(I)c1)c1nnc2n1CCC2. The van der Waals surface area contributed by atoms with Crippen LogP contribution in [0.2, 0.25) is 0 Å². The first-order valence-corrected chi connectivity index (χ1v) is 8.08. The van der Waals surface area contributed by atoms with Crippen molar-refractivity contribution in [3.8, 4) is 0 Å². The zero-order valence-electron chi connectivity index (χ0n) is 10.4. The molecule has 5 nitrogen and oxygen atoms in total. The number of amides is 1. The lowest BCUT2D eigenvalue weighted by molar-refractivity contribution is 0.0938. The molecule has 0 saturated carbocycles. The van der Waals surface area contributed by atoms with Crippen molar-refractivity contribution in [2.45, 2.75) is 32.4 Å². The van der Waals surface area contributed by atoms with Crippen LogP contribution in [0.15, 0.2) is 11.4 Å². The Morgan fingerprint density at radius 3 is 3.16 bits per heavy atom. The molecule has 1 atom stereocenters. The number of hydrogen-bond acceptors (Lipinski definition) is 4. The van der Waals surface area contributed by atoms with Gasteiger partial charge < -0.3 is 9.88 Å². The smallest absolute Gasteiger partial charge is 0.252 e. The molecule has 19 heavy (non-hydrogen) atoms. The number of nitrogens with zero attached hydrogens (tertiary/aromatic N) is 3. The maximum Gasteiger partial charge on any atom is 0.252 e. The second kappa shape index (κ2) is 5.20. The molecule has 3 heterocycles. The van der Waals surface area contributed by atoms with Gasteiger partial charge in [-0.25, -0.2) is 0 Å². The van der Waals surface area contributed by atoms with E-state index in [-0.39, 0.29) is 11.9 Å². The summed E-state index contributed by atoms with van der Waals surface area (Å²) < 4.78 is 3.22. The molecule has 0 radical (unpaired) electrons. The predicted octanol–water partition coefficient (Wildman–Crippen LogP) is 2.38. The van der Waals surface area contributed by atoms with Gasteiger partial charge in [0.25, 0.3) is 5.91 Å². The van der Waals surface area contributed by atoms with Crippen molar-refractivity contribution in [1.29, 1.82) is 0 Å². The molecule has 0 aromatic carbocycles. The summed E-state index contributed by atoms with van der Waals surface area (Å²) in [4.78, 5) is 12.1. The number of fused-ring (bicyclic) bond motifs is 1. The maximum atomic E-state index is 12.1. The number of hydrogen-bond donors (Lipinski definition) is 1. The van der Waals surface area contributed by atoms with E-state index in [0.717, 1.165) is 33.9 Å². The first-order chi connectivity index (χ1) is 9.15. The van der Waals surface area contributed by atoms with Crippen molar-refractivity contribution < 1.29 is 4.79 Å². The van der Waals surface area contributed by atoms with Crippen LogP contribution in [0, 0.1) is 2.88 Å². The van der Waals surface area contributed by atoms with Gasteiger partial charge in [0.15, 0.2) is 5.82 Å². The quantitative estimate of drug-likeness (QED) is 0.822. The molecule has 0 spiro atoms. The summed E-state index contributed by atoms with van der Waals surface area (Å²) in [7, 11) is 0. The second-order valence-corrected chi connectivity index (χ2v) is 7.37. The fourth-order valence-corrected chi connectivity index (χ4v) is 3.59. The van der Waals surface area contributed by atoms with Crippen molar-refractivity contribution in [2.75, 3.05) is 0 Å². The van der Waals surface area contributed by atoms with E-state index in [4.69, 9.17) is 0 Å². The molecule has 0 aliphatic carbocycles. The third-order valence-electron chi connectivity index (χ3n) is 3.20. The lowest BCUT2D eigenvalue weighted by Crippen LogP contribution is -2.28. The highest BCUT2D eigenvalue weighted by atomic mass is 127. The monoisotopic (exact) mass is 388 g/mol. The average Bonchev–Trinajstić information content (AvgIpc) is 3.02. The zero-order chi connectivity index (χ0) is 13.4. The Kier molecular flexibility index (Phi) is 3.57. The lowest BCUT2D eigenvalue weighted by atomic mass is 10.2. The van der Waals surface area contributed by atoms with E-state index in [0.29, 0.717) is 5.56 Å². The van der Waals surface area contributed by atoms with Crippen LogP contribution in [0.1, 0.15) is 41.4 Å². The molecule has 0 fully saturated rings. The van der Waals surface area contributed by atoms with Crippen LogP contribution in [0.25, 0.3) is 0 Å². The summed E-state index contributed by atoms with van der Waals surface area (Å²) in [6.07, 6.45) is 2.09. The molecule has 3 rings (SSSR count). The molecule has 100 valence electrons. The Morgan fingerprint density at radius 2 is 2.42 bits per heavy atom. The van der Waals surface area contributed by atoms with E-state index < -0.39 is 0 Å². The number of carbonyl (C=O) groups is 1. The Balaban J connectivity index is 1.74. The van der Waals surface area contributed by atoms with E-state index in [1.165, 1.54) is 0 Å². The van der Waals surface area contributed by atoms with Gasteiger partial charge in [0.2, 0.25) is 0 Å². The molecule has 2 aromatic rings. The fourth-order valence-electron chi connectivity index (χ4n) is 2.27. The molecule has 0 saturated heterocycles. The molecular formula is C12H13IN4OS. The molecule has 7 heteroatoms. The van der Waals surface area contributed by atoms with Gasteiger partial charge in [-0.1, -0.05) is 0 Å². The molecular weight excluding hydrogens is 375 g/mol. The van der Waals surface area contributed by atoms with Crippen LogP contribution >= 0.6 is 33.9 Å². The van der Waals surface area contributed by atoms with E-state index in [9.17, 15) is 4.79 Å². The van der Waals surface area contributed by atoms with Gasteiger partial charge >= 0.3 is 0 Å². The number of rotatable bonds is 3. The summed E-state index contributed by atoms with van der Waals surface area (Å²) in [5.41, 5.74) is 0.711. The third-order valence-corrected chi connectivity index (χ3v) is 4.99. The first kappa shape index (κ1) is 13.0. The number of aromatic nitrogens is 3. The van der Waals surface area contributed by atoms with Crippen molar-refractivity contribution in [2.24, 2.45) is 0 Å². The van der Waals surface area contributed by atoms with Crippen LogP contribution in [0.3, 0.4) is 0 Å². The van der Waals surface area contributed by atoms with E-state index in [1.807, 2.05) is 18.4 Å². The largest absolute Gasteiger partial charge is 0.342 e. The summed E-state index contributed by atoms with van der Waals surface area (Å²) in [5, 5.41) is 13.2. The minimum atomic E-state index is -0.121. The number of aryl methyl sites for hydroxylation is 1. The predicted molar refractivity (Wildman–Crippen MR) is 81.3 cm³/mol. The first-order valence-electron chi connectivity index (χ1n) is 6.12. The lowest BCUT2D eigenvalue weighted by Gasteiger charge is -2.13. The average molecular weight is 388 g/mol. The second-order valence-electron chi connectivity index (χ2n) is 4.56. The molecule has 0 bridgehead atoms. The Hall–Kier alpha value is -0.960. The van der Waals surface area contributed by atoms with Crippen molar-refractivity contribution in [3.63, 3.8) is 0 Å². The van der Waals surface area contributed by atoms with Gasteiger partial charge in [0.05, 0.1) is 14.5 Å². The van der Waals surface area contributed by atoms with Gasteiger partial charge in [-0.2, -0.15) is 0 Å². The van der Waals surface area contributed by atoms with E-state index >= 15 is 0 Å². The highest BCUT2D eigenvalue weighted by Gasteiger charge is 2.22. The number of halogens is 1. The third kappa shape index (κ3) is 2.53. The molecule has 1 N–H and O–H groups in total. The van der Waals surface area contributed by atoms with Gasteiger partial charge in [0, 0.05) is 18.3 Å². The van der Waals surface area contributed by atoms with Crippen molar-refractivity contribution in [1.82, 2.24) is 20.1 Å². The van der Waals surface area contributed by atoms with Gasteiger partial charge in [-0.3, -0.25) is 4.79 Å². The van der Waals surface area contributed by atoms with Crippen LogP contribution in [-0.2, 0) is 13.0 Å². The number of nitrogens with one attached hydrogen (secondary N) is 1. The topological polar surface area (TPSA) is 59.8 Å². The van der Waals surface area contributed by atoms with Crippen molar-refractivity contribution in [3.05, 3.63) is 31.5 Å². The minimum Gasteiger partial charge on any atom is -0.342 e. The zero-order valence-corrected chi connectivity index (χ0v) is 13.4. The van der Waals surface area contributed by atoms with Gasteiger partial charge in [-0.05, 0) is 42.0 Å². The Labute approximate surface area is 128 Å². The maximum absolute atomic E-state index is 12.1. The number of thiophene rings is 1. The van der Waals surface area contributed by atoms with Gasteiger partial charge in [-0.15, -0.1) is 21.5 Å². The molecule has 1 aliphatic heterocycles. The minimum absolute atomic E-state index is 0.0537. The molecule has 1 aliphatic rings. The molecule has 1 unspecified atom stereocenters. The highest BCUT2D eigenvalue weighted by Crippen LogP contribution is 2.20. The standard InChI is InChI=1S/C12H13IN4OS/c1-7(11-16-15-10-3-2-4-17(10)11)14-12(18)8-5-9(13)19-6-8/h5-7H,2-4H2,1H3,(H,14,18). The van der Waals surface area contributed by atoms with E-state index in [2.05, 4.69) is 42.7 Å². The summed E-state index contributed by atoms with van der Waals surface area (Å²) in [6, 6.07) is 1.77. The highest BCUT2D eigenvalue weighted by molar-refractivity contribution is 14.1. The molecule has 1 amide bonds. The van der Waals surface area contributed by atoms with Crippen LogP contribution in [0.5, 0.6) is 0 Å². The van der Waals surface area contributed by atoms with Crippen LogP contribution < -0.4 is 5.32 Å². The Bertz CT molecular complexity index is 621. The van der Waals surface area contributed by atoms with E-state index in [1.54, 1.807) is 11.3 Å². The Morgan fingerprint density at radius 1 is 1.58 bits per heavy atom. The summed E-state index contributed by atoms with van der Waals surface area (Å²) in [6.45, 7) is 2.90. The van der Waals surface area contributed by atoms with Gasteiger partial charge in [0.1, 0.15) is 5.82 Å². The summed E-state index contributed by atoms with van der Waals surface area (Å²) in [5.74, 6) is 1.83. The normalized spacial score (nSPS) is 15.3. The number of carbonyl (C=O) groups excluding carboxylic acids is 1.